The molecule has 0 saturated heterocycles. The normalized spacial score (nSPS) is 12.7. The highest BCUT2D eigenvalue weighted by atomic mass is 19.4. The Bertz CT molecular complexity index is 1190. The van der Waals surface area contributed by atoms with Gasteiger partial charge in [-0.2, -0.15) is 26.3 Å². The Labute approximate surface area is 222 Å². The summed E-state index contributed by atoms with van der Waals surface area (Å²) in [6, 6.07) is 18.2. The predicted molar refractivity (Wildman–Crippen MR) is 133 cm³/mol. The number of likely N-dealkylation sites (N-methyl/N-ethyl adjacent to an activating group) is 1. The largest absolute Gasteiger partial charge is 0.464 e. The minimum atomic E-state index is -5.12. The summed E-state index contributed by atoms with van der Waals surface area (Å²) in [5.74, 6) is -2.17. The second kappa shape index (κ2) is 12.4. The Morgan fingerprint density at radius 3 is 1.64 bits per heavy atom. The van der Waals surface area contributed by atoms with Gasteiger partial charge in [0.2, 0.25) is 0 Å². The van der Waals surface area contributed by atoms with Gasteiger partial charge < -0.3 is 9.64 Å². The Morgan fingerprint density at radius 2 is 1.23 bits per heavy atom. The van der Waals surface area contributed by atoms with Crippen molar-refractivity contribution in [3.63, 3.8) is 0 Å². The summed E-state index contributed by atoms with van der Waals surface area (Å²) in [6.45, 7) is 1.52. The third kappa shape index (κ3) is 7.61. The van der Waals surface area contributed by atoms with Gasteiger partial charge in [-0.05, 0) is 49.1 Å². The van der Waals surface area contributed by atoms with Crippen LogP contribution in [-0.4, -0.2) is 36.5 Å². The maximum absolute atomic E-state index is 13.4. The lowest BCUT2D eigenvalue weighted by Crippen LogP contribution is -2.43. The Hall–Kier alpha value is -3.82. The molecule has 0 aliphatic heterocycles. The molecule has 0 bridgehead atoms. The number of ether oxygens (including phenoxy) is 1. The second-order valence-electron chi connectivity index (χ2n) is 8.93. The van der Waals surface area contributed by atoms with Crippen LogP contribution in [0, 0.1) is 0 Å². The summed E-state index contributed by atoms with van der Waals surface area (Å²) >= 11 is 0. The van der Waals surface area contributed by atoms with Crippen molar-refractivity contribution in [1.29, 1.82) is 0 Å². The molecule has 1 amide bonds. The van der Waals surface area contributed by atoms with Gasteiger partial charge in [-0.25, -0.2) is 4.79 Å². The van der Waals surface area contributed by atoms with Gasteiger partial charge in [0.05, 0.1) is 17.7 Å². The molecule has 0 spiro atoms. The summed E-state index contributed by atoms with van der Waals surface area (Å²) in [7, 11) is 1.16. The van der Waals surface area contributed by atoms with E-state index in [2.05, 4.69) is 0 Å². The molecule has 1 atom stereocenters. The monoisotopic (exact) mass is 551 g/mol. The van der Waals surface area contributed by atoms with E-state index >= 15 is 0 Å². The second-order valence-corrected chi connectivity index (χ2v) is 8.93. The fraction of sp³-hybridized carbons (Fsp3) is 0.310. The van der Waals surface area contributed by atoms with Crippen LogP contribution in [-0.2, 0) is 21.9 Å². The topological polar surface area (TPSA) is 46.6 Å². The first-order valence-corrected chi connectivity index (χ1v) is 12.2. The molecular formula is C29H27F6NO3. The van der Waals surface area contributed by atoms with Crippen molar-refractivity contribution in [3.05, 3.63) is 107 Å². The van der Waals surface area contributed by atoms with Crippen LogP contribution < -0.4 is 0 Å². The summed E-state index contributed by atoms with van der Waals surface area (Å²) < 4.78 is 85.2. The third-order valence-corrected chi connectivity index (χ3v) is 6.31. The van der Waals surface area contributed by atoms with Gasteiger partial charge in [0.15, 0.2) is 0 Å². The lowest BCUT2D eigenvalue weighted by atomic mass is 9.86. The number of alkyl halides is 6. The van der Waals surface area contributed by atoms with Crippen LogP contribution in [0.3, 0.4) is 0 Å². The summed E-state index contributed by atoms with van der Waals surface area (Å²) in [6.07, 6.45) is -9.85. The van der Waals surface area contributed by atoms with Crippen molar-refractivity contribution in [2.75, 3.05) is 13.7 Å². The van der Waals surface area contributed by atoms with E-state index in [0.29, 0.717) is 18.6 Å². The van der Waals surface area contributed by atoms with Crippen LogP contribution in [0.15, 0.2) is 78.9 Å². The number of carbonyl (C=O) groups excluding carboxylic acids is 2. The van der Waals surface area contributed by atoms with Gasteiger partial charge >= 0.3 is 18.3 Å². The summed E-state index contributed by atoms with van der Waals surface area (Å²) in [5.41, 5.74) is -2.19. The number of carbonyl (C=O) groups is 2. The SMILES string of the molecule is CCOC(=O)[C@H](CCC(c1ccccc1)c1ccccc1)N(C)C(=O)c1cc(C(F)(F)F)cc(C(F)(F)F)c1. The van der Waals surface area contributed by atoms with E-state index < -0.39 is 47.0 Å². The molecule has 3 rings (SSSR count). The van der Waals surface area contributed by atoms with E-state index in [4.69, 9.17) is 4.74 Å². The smallest absolute Gasteiger partial charge is 0.416 e. The molecule has 0 radical (unpaired) electrons. The van der Waals surface area contributed by atoms with Gasteiger partial charge in [-0.3, -0.25) is 4.79 Å². The first-order valence-electron chi connectivity index (χ1n) is 12.2. The molecule has 39 heavy (non-hydrogen) atoms. The van der Waals surface area contributed by atoms with Crippen molar-refractivity contribution in [2.45, 2.75) is 44.1 Å². The first-order chi connectivity index (χ1) is 18.3. The number of halogens is 6. The molecule has 0 fully saturated rings. The molecule has 0 aromatic heterocycles. The Kier molecular flexibility index (Phi) is 9.42. The molecule has 0 unspecified atom stereocenters. The number of esters is 1. The highest BCUT2D eigenvalue weighted by Crippen LogP contribution is 2.37. The van der Waals surface area contributed by atoms with Crippen molar-refractivity contribution in [1.82, 2.24) is 4.90 Å². The quantitative estimate of drug-likeness (QED) is 0.207. The van der Waals surface area contributed by atoms with Crippen LogP contribution in [0.5, 0.6) is 0 Å². The van der Waals surface area contributed by atoms with Crippen molar-refractivity contribution >= 4 is 11.9 Å². The fourth-order valence-corrected chi connectivity index (χ4v) is 4.35. The number of hydrogen-bond acceptors (Lipinski definition) is 3. The molecule has 208 valence electrons. The molecule has 4 nitrogen and oxygen atoms in total. The number of rotatable bonds is 9. The Balaban J connectivity index is 1.96. The number of nitrogens with zero attached hydrogens (tertiary/aromatic N) is 1. The van der Waals surface area contributed by atoms with Gasteiger partial charge in [0, 0.05) is 18.5 Å². The highest BCUT2D eigenvalue weighted by Gasteiger charge is 2.38. The maximum atomic E-state index is 13.4. The van der Waals surface area contributed by atoms with Crippen LogP contribution >= 0.6 is 0 Å². The summed E-state index contributed by atoms with van der Waals surface area (Å²) in [5, 5.41) is 0. The van der Waals surface area contributed by atoms with E-state index in [-0.39, 0.29) is 25.0 Å². The molecule has 0 N–H and O–H groups in total. The number of amides is 1. The molecule has 0 heterocycles. The zero-order chi connectivity index (χ0) is 28.8. The predicted octanol–water partition coefficient (Wildman–Crippen LogP) is 7.34. The molecule has 0 aliphatic rings. The van der Waals surface area contributed by atoms with Gasteiger partial charge in [-0.1, -0.05) is 60.7 Å². The van der Waals surface area contributed by atoms with E-state index in [0.717, 1.165) is 23.1 Å². The molecular weight excluding hydrogens is 524 g/mol. The minimum Gasteiger partial charge on any atom is -0.464 e. The van der Waals surface area contributed by atoms with E-state index in [1.165, 1.54) is 0 Å². The third-order valence-electron chi connectivity index (χ3n) is 6.31. The number of benzene rings is 3. The van der Waals surface area contributed by atoms with Crippen LogP contribution in [0.4, 0.5) is 26.3 Å². The number of hydrogen-bond donors (Lipinski definition) is 0. The van der Waals surface area contributed by atoms with E-state index in [1.54, 1.807) is 6.92 Å². The maximum Gasteiger partial charge on any atom is 0.416 e. The van der Waals surface area contributed by atoms with E-state index in [9.17, 15) is 35.9 Å². The van der Waals surface area contributed by atoms with Crippen LogP contribution in [0.2, 0.25) is 0 Å². The zero-order valence-electron chi connectivity index (χ0n) is 21.2. The molecule has 0 aliphatic carbocycles. The zero-order valence-corrected chi connectivity index (χ0v) is 21.2. The average molecular weight is 552 g/mol. The van der Waals surface area contributed by atoms with Crippen molar-refractivity contribution in [3.8, 4) is 0 Å². The lowest BCUT2D eigenvalue weighted by molar-refractivity contribution is -0.148. The minimum absolute atomic E-state index is 0.0278. The van der Waals surface area contributed by atoms with Crippen molar-refractivity contribution in [2.24, 2.45) is 0 Å². The van der Waals surface area contributed by atoms with Crippen molar-refractivity contribution < 1.29 is 40.7 Å². The molecule has 3 aromatic rings. The van der Waals surface area contributed by atoms with Crippen LogP contribution in [0.25, 0.3) is 0 Å². The summed E-state index contributed by atoms with van der Waals surface area (Å²) in [4.78, 5) is 27.0. The molecule has 10 heteroatoms. The lowest BCUT2D eigenvalue weighted by Gasteiger charge is -2.29. The average Bonchev–Trinajstić information content (AvgIpc) is 2.90. The van der Waals surface area contributed by atoms with Gasteiger partial charge in [0.25, 0.3) is 5.91 Å². The van der Waals surface area contributed by atoms with Gasteiger partial charge in [-0.15, -0.1) is 0 Å². The Morgan fingerprint density at radius 1 is 0.769 bits per heavy atom. The highest BCUT2D eigenvalue weighted by molar-refractivity contribution is 5.97. The standard InChI is InChI=1S/C29H27F6NO3/c1-3-39-27(38)25(15-14-24(19-10-6-4-7-11-19)20-12-8-5-9-13-20)36(2)26(37)21-16-22(28(30,31)32)18-23(17-21)29(33,34)35/h4-13,16-18,24-25H,3,14-15H2,1-2H3/t25-/m0/s1. The fourth-order valence-electron chi connectivity index (χ4n) is 4.35. The van der Waals surface area contributed by atoms with E-state index in [1.807, 2.05) is 60.7 Å². The van der Waals surface area contributed by atoms with Gasteiger partial charge in [0.1, 0.15) is 6.04 Å². The van der Waals surface area contributed by atoms with Crippen LogP contribution in [0.1, 0.15) is 58.3 Å². The molecule has 0 saturated carbocycles. The first kappa shape index (κ1) is 29.7. The molecule has 3 aromatic carbocycles.